The van der Waals surface area contributed by atoms with Crippen molar-refractivity contribution < 1.29 is 4.79 Å². The van der Waals surface area contributed by atoms with Crippen molar-refractivity contribution in [1.82, 2.24) is 9.97 Å². The second-order valence-electron chi connectivity index (χ2n) is 6.25. The molecule has 0 spiro atoms. The van der Waals surface area contributed by atoms with Gasteiger partial charge in [0.25, 0.3) is 5.56 Å². The molecule has 5 nitrogen and oxygen atoms in total. The van der Waals surface area contributed by atoms with Crippen LogP contribution in [0.4, 0.5) is 0 Å². The Kier molecular flexibility index (Phi) is 4.53. The number of aromatic amines is 1. The number of fused-ring (bicyclic) bond motifs is 2. The third-order valence-electron chi connectivity index (χ3n) is 4.56. The van der Waals surface area contributed by atoms with E-state index in [-0.39, 0.29) is 23.6 Å². The molecule has 0 aliphatic rings. The molecule has 27 heavy (non-hydrogen) atoms. The third-order valence-corrected chi connectivity index (χ3v) is 5.57. The molecule has 0 saturated heterocycles. The fourth-order valence-corrected chi connectivity index (χ4v) is 4.15. The minimum absolute atomic E-state index is 0.112. The second kappa shape index (κ2) is 7.14. The van der Waals surface area contributed by atoms with Crippen molar-refractivity contribution in [2.75, 3.05) is 0 Å². The van der Waals surface area contributed by atoms with Crippen molar-refractivity contribution in [3.05, 3.63) is 75.7 Å². The minimum Gasteiger partial charge on any atom is -0.308 e. The lowest BCUT2D eigenvalue weighted by Crippen LogP contribution is -2.19. The van der Waals surface area contributed by atoms with Crippen LogP contribution in [0.5, 0.6) is 0 Å². The number of ketones is 1. The fourth-order valence-electron chi connectivity index (χ4n) is 3.16. The molecule has 132 valence electrons. The number of nitrogens with zero attached hydrogens (tertiary/aromatic N) is 2. The van der Waals surface area contributed by atoms with Crippen LogP contribution in [0.3, 0.4) is 0 Å². The van der Waals surface area contributed by atoms with E-state index in [2.05, 4.69) is 15.3 Å². The molecule has 4 aromatic rings. The van der Waals surface area contributed by atoms with Crippen molar-refractivity contribution >= 4 is 38.1 Å². The van der Waals surface area contributed by atoms with E-state index in [1.54, 1.807) is 35.6 Å². The number of nitriles is 1. The van der Waals surface area contributed by atoms with E-state index in [1.165, 1.54) is 4.70 Å². The van der Waals surface area contributed by atoms with Gasteiger partial charge in [0.1, 0.15) is 5.82 Å². The predicted octanol–water partition coefficient (Wildman–Crippen LogP) is 3.95. The number of aryl methyl sites for hydroxylation is 1. The van der Waals surface area contributed by atoms with E-state index in [0.717, 1.165) is 10.9 Å². The number of Topliss-reactive ketones (excluding diaryl/α,β-unsaturated/α-hetero) is 1. The highest BCUT2D eigenvalue weighted by atomic mass is 32.1. The van der Waals surface area contributed by atoms with Crippen LogP contribution in [0.2, 0.25) is 0 Å². The third kappa shape index (κ3) is 3.25. The number of nitrogens with one attached hydrogen (secondary N) is 1. The van der Waals surface area contributed by atoms with E-state index in [9.17, 15) is 14.9 Å². The summed E-state index contributed by atoms with van der Waals surface area (Å²) in [7, 11) is 0. The number of carbonyl (C=O) groups excluding carboxylic acids is 1. The number of hydrogen-bond donors (Lipinski definition) is 1. The molecule has 1 unspecified atom stereocenters. The first-order valence-corrected chi connectivity index (χ1v) is 9.42. The molecule has 6 heteroatoms. The van der Waals surface area contributed by atoms with Gasteiger partial charge in [-0.05, 0) is 40.9 Å². The van der Waals surface area contributed by atoms with Crippen LogP contribution in [0.15, 0.2) is 58.7 Å². The molecule has 0 aliphatic carbocycles. The molecule has 1 N–H and O–H groups in total. The van der Waals surface area contributed by atoms with E-state index in [4.69, 9.17) is 0 Å². The Bertz CT molecular complexity index is 1250. The zero-order valence-electron chi connectivity index (χ0n) is 14.3. The number of H-pyrrole nitrogens is 1. The molecular formula is C21H15N3O2S. The molecule has 0 bridgehead atoms. The molecule has 2 heterocycles. The standard InChI is InChI=1S/C21H15N3O2S/c22-11-16(20-23-17-7-3-1-6-15(17)21(26)24-20)18(25)10-9-13-12-27-19-8-4-2-5-14(13)19/h1-8,12,16H,9-10H2,(H,23,24,26). The van der Waals surface area contributed by atoms with Crippen molar-refractivity contribution in [3.8, 4) is 6.07 Å². The van der Waals surface area contributed by atoms with Crippen LogP contribution in [-0.4, -0.2) is 15.8 Å². The summed E-state index contributed by atoms with van der Waals surface area (Å²) in [5.41, 5.74) is 1.24. The van der Waals surface area contributed by atoms with Crippen molar-refractivity contribution in [1.29, 1.82) is 5.26 Å². The molecule has 0 radical (unpaired) electrons. The number of benzene rings is 2. The maximum Gasteiger partial charge on any atom is 0.258 e. The molecule has 0 aliphatic heterocycles. The monoisotopic (exact) mass is 373 g/mol. The molecule has 2 aromatic carbocycles. The molecule has 0 fully saturated rings. The van der Waals surface area contributed by atoms with Crippen molar-refractivity contribution in [3.63, 3.8) is 0 Å². The Balaban J connectivity index is 1.58. The molecule has 2 aromatic heterocycles. The van der Waals surface area contributed by atoms with Gasteiger partial charge in [0, 0.05) is 11.1 Å². The molecule has 1 atom stereocenters. The molecular weight excluding hydrogens is 358 g/mol. The minimum atomic E-state index is -1.08. The van der Waals surface area contributed by atoms with Crippen molar-refractivity contribution in [2.24, 2.45) is 0 Å². The van der Waals surface area contributed by atoms with Gasteiger partial charge >= 0.3 is 0 Å². The van der Waals surface area contributed by atoms with Crippen LogP contribution in [0.25, 0.3) is 21.0 Å². The fraction of sp³-hybridized carbons (Fsp3) is 0.143. The summed E-state index contributed by atoms with van der Waals surface area (Å²) in [6.45, 7) is 0. The predicted molar refractivity (Wildman–Crippen MR) is 106 cm³/mol. The zero-order chi connectivity index (χ0) is 18.8. The molecule has 0 saturated carbocycles. The topological polar surface area (TPSA) is 86.6 Å². The van der Waals surface area contributed by atoms with Gasteiger partial charge in [0.15, 0.2) is 11.7 Å². The lowest BCUT2D eigenvalue weighted by molar-refractivity contribution is -0.119. The summed E-state index contributed by atoms with van der Waals surface area (Å²) in [5, 5.41) is 13.1. The first-order valence-electron chi connectivity index (χ1n) is 8.54. The smallest absolute Gasteiger partial charge is 0.258 e. The van der Waals surface area contributed by atoms with Gasteiger partial charge in [-0.25, -0.2) is 4.98 Å². The Morgan fingerprint density at radius 3 is 2.70 bits per heavy atom. The number of hydrogen-bond acceptors (Lipinski definition) is 5. The van der Waals surface area contributed by atoms with Crippen molar-refractivity contribution in [2.45, 2.75) is 18.8 Å². The normalized spacial score (nSPS) is 12.1. The maximum absolute atomic E-state index is 12.7. The zero-order valence-corrected chi connectivity index (χ0v) is 15.1. The summed E-state index contributed by atoms with van der Waals surface area (Å²) in [6, 6.07) is 16.9. The highest BCUT2D eigenvalue weighted by Gasteiger charge is 2.23. The largest absolute Gasteiger partial charge is 0.308 e. The van der Waals surface area contributed by atoms with E-state index in [0.29, 0.717) is 17.3 Å². The number of aromatic nitrogens is 2. The SMILES string of the molecule is N#CC(C(=O)CCc1csc2ccccc12)c1nc2ccccc2c(=O)[nH]1. The summed E-state index contributed by atoms with van der Waals surface area (Å²) in [4.78, 5) is 31.8. The van der Waals surface area contributed by atoms with E-state index >= 15 is 0 Å². The Hall–Kier alpha value is -3.30. The van der Waals surface area contributed by atoms with Gasteiger partial charge in [0.05, 0.1) is 17.0 Å². The number of para-hydroxylation sites is 1. The van der Waals surface area contributed by atoms with Gasteiger partial charge in [-0.3, -0.25) is 9.59 Å². The lowest BCUT2D eigenvalue weighted by atomic mass is 9.98. The molecule has 0 amide bonds. The van der Waals surface area contributed by atoms with Crippen LogP contribution in [0, 0.1) is 11.3 Å². The number of carbonyl (C=O) groups is 1. The lowest BCUT2D eigenvalue weighted by Gasteiger charge is -2.08. The van der Waals surface area contributed by atoms with Gasteiger partial charge in [-0.2, -0.15) is 5.26 Å². The summed E-state index contributed by atoms with van der Waals surface area (Å²) < 4.78 is 1.18. The Morgan fingerprint density at radius 2 is 1.89 bits per heavy atom. The first kappa shape index (κ1) is 17.1. The Labute approximate surface area is 158 Å². The number of rotatable bonds is 5. The van der Waals surface area contributed by atoms with Gasteiger partial charge in [0.2, 0.25) is 0 Å². The van der Waals surface area contributed by atoms with Gasteiger partial charge < -0.3 is 4.98 Å². The summed E-state index contributed by atoms with van der Waals surface area (Å²) in [6.07, 6.45) is 0.772. The quantitative estimate of drug-likeness (QED) is 0.574. The van der Waals surface area contributed by atoms with E-state index in [1.807, 2.05) is 30.3 Å². The number of thiophene rings is 1. The summed E-state index contributed by atoms with van der Waals surface area (Å²) in [5.74, 6) is -1.21. The average Bonchev–Trinajstić information content (AvgIpc) is 3.10. The van der Waals surface area contributed by atoms with Gasteiger partial charge in [-0.1, -0.05) is 30.3 Å². The van der Waals surface area contributed by atoms with Crippen LogP contribution in [-0.2, 0) is 11.2 Å². The van der Waals surface area contributed by atoms with E-state index < -0.39 is 5.92 Å². The summed E-state index contributed by atoms with van der Waals surface area (Å²) >= 11 is 1.64. The maximum atomic E-state index is 12.7. The molecule has 4 rings (SSSR count). The van der Waals surface area contributed by atoms with Crippen LogP contribution < -0.4 is 5.56 Å². The van der Waals surface area contributed by atoms with Crippen LogP contribution in [0.1, 0.15) is 23.7 Å². The Morgan fingerprint density at radius 1 is 1.15 bits per heavy atom. The first-order chi connectivity index (χ1) is 13.2. The second-order valence-corrected chi connectivity index (χ2v) is 7.17. The highest BCUT2D eigenvalue weighted by Crippen LogP contribution is 2.27. The van der Waals surface area contributed by atoms with Gasteiger partial charge in [-0.15, -0.1) is 11.3 Å². The highest BCUT2D eigenvalue weighted by molar-refractivity contribution is 7.17. The van der Waals surface area contributed by atoms with Crippen LogP contribution >= 0.6 is 11.3 Å². The average molecular weight is 373 g/mol.